The molecule has 1 aliphatic rings. The van der Waals surface area contributed by atoms with Gasteiger partial charge in [0, 0.05) is 18.2 Å². The van der Waals surface area contributed by atoms with Crippen molar-refractivity contribution in [1.29, 1.82) is 0 Å². The summed E-state index contributed by atoms with van der Waals surface area (Å²) in [6.07, 6.45) is 2.42. The van der Waals surface area contributed by atoms with Crippen LogP contribution >= 0.6 is 0 Å². The van der Waals surface area contributed by atoms with Crippen molar-refractivity contribution in [3.63, 3.8) is 0 Å². The lowest BCUT2D eigenvalue weighted by Gasteiger charge is -2.22. The van der Waals surface area contributed by atoms with E-state index in [1.165, 1.54) is 12.8 Å². The number of hydrogen-bond acceptors (Lipinski definition) is 6. The Hall–Kier alpha value is -1.95. The number of aryl methyl sites for hydroxylation is 1. The van der Waals surface area contributed by atoms with Crippen molar-refractivity contribution < 1.29 is 4.63 Å². The fraction of sp³-hybridized carbons (Fsp3) is 0.500. The largest absolute Gasteiger partial charge is 0.364 e. The maximum absolute atomic E-state index is 4.70. The van der Waals surface area contributed by atoms with Gasteiger partial charge in [0.2, 0.25) is 0 Å². The smallest absolute Gasteiger partial charge is 0.127 e. The fourth-order valence-corrected chi connectivity index (χ4v) is 2.47. The highest BCUT2D eigenvalue weighted by molar-refractivity contribution is 5.37. The molecule has 1 atom stereocenters. The van der Waals surface area contributed by atoms with Crippen molar-refractivity contribution in [3.05, 3.63) is 35.3 Å². The zero-order valence-electron chi connectivity index (χ0n) is 11.6. The molecule has 1 aliphatic heterocycles. The van der Waals surface area contributed by atoms with E-state index in [2.05, 4.69) is 31.6 Å². The Kier molecular flexibility index (Phi) is 3.92. The van der Waals surface area contributed by atoms with E-state index in [0.29, 0.717) is 12.5 Å². The van der Waals surface area contributed by atoms with E-state index >= 15 is 0 Å². The standard InChI is InChI=1S/C14H19N5O/c1-10-13(19-20-18-10)9-16-14-6-2-5-12(17-14)11-4-3-7-15-8-11/h2,5-6,11,15H,3-4,7-9H2,1H3,(H,16,17). The summed E-state index contributed by atoms with van der Waals surface area (Å²) >= 11 is 0. The minimum Gasteiger partial charge on any atom is -0.364 e. The van der Waals surface area contributed by atoms with Crippen LogP contribution < -0.4 is 10.6 Å². The Morgan fingerprint density at radius 1 is 1.40 bits per heavy atom. The zero-order chi connectivity index (χ0) is 13.8. The van der Waals surface area contributed by atoms with Crippen LogP contribution in [0.4, 0.5) is 5.82 Å². The lowest BCUT2D eigenvalue weighted by Crippen LogP contribution is -2.28. The van der Waals surface area contributed by atoms with Gasteiger partial charge < -0.3 is 10.6 Å². The average Bonchev–Trinajstić information content (AvgIpc) is 2.92. The number of hydrogen-bond donors (Lipinski definition) is 2. The Balaban J connectivity index is 1.66. The quantitative estimate of drug-likeness (QED) is 0.885. The molecule has 1 unspecified atom stereocenters. The molecule has 2 aromatic rings. The molecule has 2 aromatic heterocycles. The molecule has 1 saturated heterocycles. The second-order valence-corrected chi connectivity index (χ2v) is 5.14. The third kappa shape index (κ3) is 2.96. The lowest BCUT2D eigenvalue weighted by molar-refractivity contribution is 0.301. The number of anilines is 1. The van der Waals surface area contributed by atoms with Crippen molar-refractivity contribution in [2.45, 2.75) is 32.2 Å². The molecular weight excluding hydrogens is 254 g/mol. The molecule has 0 radical (unpaired) electrons. The summed E-state index contributed by atoms with van der Waals surface area (Å²) < 4.78 is 4.68. The summed E-state index contributed by atoms with van der Waals surface area (Å²) in [7, 11) is 0. The van der Waals surface area contributed by atoms with Gasteiger partial charge in [-0.15, -0.1) is 0 Å². The minimum absolute atomic E-state index is 0.515. The summed E-state index contributed by atoms with van der Waals surface area (Å²) in [6, 6.07) is 6.13. The molecule has 0 bridgehead atoms. The van der Waals surface area contributed by atoms with Crippen LogP contribution in [0.3, 0.4) is 0 Å². The van der Waals surface area contributed by atoms with E-state index in [0.717, 1.165) is 36.0 Å². The van der Waals surface area contributed by atoms with Gasteiger partial charge in [0.15, 0.2) is 0 Å². The number of aromatic nitrogens is 3. The van der Waals surface area contributed by atoms with Crippen LogP contribution in [0.2, 0.25) is 0 Å². The average molecular weight is 273 g/mol. The molecule has 2 N–H and O–H groups in total. The van der Waals surface area contributed by atoms with E-state index in [4.69, 9.17) is 4.98 Å². The third-order valence-electron chi connectivity index (χ3n) is 3.67. The first-order chi connectivity index (χ1) is 9.83. The number of rotatable bonds is 4. The topological polar surface area (TPSA) is 75.9 Å². The highest BCUT2D eigenvalue weighted by Crippen LogP contribution is 2.22. The van der Waals surface area contributed by atoms with Gasteiger partial charge in [-0.25, -0.2) is 9.61 Å². The SMILES string of the molecule is Cc1nonc1CNc1cccc(C2CCCNC2)n1. The molecule has 20 heavy (non-hydrogen) atoms. The fourth-order valence-electron chi connectivity index (χ4n) is 2.47. The predicted octanol–water partition coefficient (Wildman–Crippen LogP) is 1.85. The summed E-state index contributed by atoms with van der Waals surface area (Å²) in [6.45, 7) is 4.59. The summed E-state index contributed by atoms with van der Waals surface area (Å²) in [5, 5.41) is 14.3. The van der Waals surface area contributed by atoms with Crippen LogP contribution in [0.5, 0.6) is 0 Å². The van der Waals surface area contributed by atoms with E-state index in [-0.39, 0.29) is 0 Å². The number of nitrogens with one attached hydrogen (secondary N) is 2. The molecule has 0 saturated carbocycles. The molecule has 0 spiro atoms. The molecule has 0 amide bonds. The molecule has 0 aliphatic carbocycles. The monoisotopic (exact) mass is 273 g/mol. The van der Waals surface area contributed by atoms with E-state index < -0.39 is 0 Å². The first-order valence-electron chi connectivity index (χ1n) is 7.02. The minimum atomic E-state index is 0.515. The van der Waals surface area contributed by atoms with Crippen molar-refractivity contribution in [3.8, 4) is 0 Å². The van der Waals surface area contributed by atoms with Gasteiger partial charge in [0.1, 0.15) is 17.2 Å². The number of nitrogens with zero attached hydrogens (tertiary/aromatic N) is 3. The first-order valence-corrected chi connectivity index (χ1v) is 7.02. The highest BCUT2D eigenvalue weighted by atomic mass is 16.6. The summed E-state index contributed by atoms with van der Waals surface area (Å²) in [5.41, 5.74) is 2.78. The normalized spacial score (nSPS) is 18.9. The Bertz CT molecular complexity index is 562. The van der Waals surface area contributed by atoms with Crippen LogP contribution in [-0.4, -0.2) is 28.4 Å². The summed E-state index contributed by atoms with van der Waals surface area (Å²) in [4.78, 5) is 4.70. The Morgan fingerprint density at radius 2 is 2.35 bits per heavy atom. The van der Waals surface area contributed by atoms with Crippen molar-refractivity contribution in [2.75, 3.05) is 18.4 Å². The third-order valence-corrected chi connectivity index (χ3v) is 3.67. The Labute approximate surface area is 117 Å². The lowest BCUT2D eigenvalue weighted by atomic mass is 9.96. The van der Waals surface area contributed by atoms with Gasteiger partial charge in [-0.05, 0) is 38.4 Å². The molecule has 6 nitrogen and oxygen atoms in total. The van der Waals surface area contributed by atoms with Gasteiger partial charge >= 0.3 is 0 Å². The summed E-state index contributed by atoms with van der Waals surface area (Å²) in [5.74, 6) is 1.39. The molecule has 106 valence electrons. The van der Waals surface area contributed by atoms with E-state index in [1.807, 2.05) is 19.1 Å². The maximum Gasteiger partial charge on any atom is 0.127 e. The van der Waals surface area contributed by atoms with Crippen LogP contribution in [0.15, 0.2) is 22.8 Å². The molecule has 3 heterocycles. The first kappa shape index (κ1) is 13.1. The van der Waals surface area contributed by atoms with E-state index in [9.17, 15) is 0 Å². The van der Waals surface area contributed by atoms with Crippen LogP contribution in [0.1, 0.15) is 35.8 Å². The molecule has 1 fully saturated rings. The molecular formula is C14H19N5O. The van der Waals surface area contributed by atoms with Crippen LogP contribution in [-0.2, 0) is 6.54 Å². The van der Waals surface area contributed by atoms with Gasteiger partial charge in [-0.1, -0.05) is 16.4 Å². The van der Waals surface area contributed by atoms with Gasteiger partial charge in [0.05, 0.1) is 6.54 Å². The number of piperidine rings is 1. The molecule has 3 rings (SSSR count). The van der Waals surface area contributed by atoms with Crippen molar-refractivity contribution in [1.82, 2.24) is 20.6 Å². The van der Waals surface area contributed by atoms with Crippen LogP contribution in [0, 0.1) is 6.92 Å². The van der Waals surface area contributed by atoms with Crippen molar-refractivity contribution in [2.24, 2.45) is 0 Å². The van der Waals surface area contributed by atoms with Gasteiger partial charge in [-0.3, -0.25) is 0 Å². The van der Waals surface area contributed by atoms with Gasteiger partial charge in [0.25, 0.3) is 0 Å². The highest BCUT2D eigenvalue weighted by Gasteiger charge is 2.16. The van der Waals surface area contributed by atoms with Crippen molar-refractivity contribution >= 4 is 5.82 Å². The van der Waals surface area contributed by atoms with Gasteiger partial charge in [-0.2, -0.15) is 0 Å². The second kappa shape index (κ2) is 6.00. The molecule has 0 aromatic carbocycles. The zero-order valence-corrected chi connectivity index (χ0v) is 11.6. The van der Waals surface area contributed by atoms with E-state index in [1.54, 1.807) is 0 Å². The Morgan fingerprint density at radius 3 is 3.10 bits per heavy atom. The maximum atomic E-state index is 4.70. The number of pyridine rings is 1. The van der Waals surface area contributed by atoms with Crippen LogP contribution in [0.25, 0.3) is 0 Å². The second-order valence-electron chi connectivity index (χ2n) is 5.14. The predicted molar refractivity (Wildman–Crippen MR) is 75.4 cm³/mol. The molecule has 6 heteroatoms.